The molecular weight excluding hydrogens is 166 g/mol. The van der Waals surface area contributed by atoms with Crippen LogP contribution in [-0.4, -0.2) is 14.1 Å². The van der Waals surface area contributed by atoms with Gasteiger partial charge in [-0.3, -0.25) is 0 Å². The van der Waals surface area contributed by atoms with Crippen molar-refractivity contribution in [2.45, 2.75) is 0 Å². The minimum Gasteiger partial charge on any atom is -0.398 e. The van der Waals surface area contributed by atoms with Crippen LogP contribution in [0.2, 0.25) is 0 Å². The number of benzene rings is 1. The number of nitrogens with zero attached hydrogens (tertiary/aromatic N) is 4. The molecule has 0 fully saturated rings. The van der Waals surface area contributed by atoms with Gasteiger partial charge in [0.2, 0.25) is 0 Å². The molecule has 0 aliphatic heterocycles. The van der Waals surface area contributed by atoms with Crippen molar-refractivity contribution in [3.05, 3.63) is 28.6 Å². The zero-order chi connectivity index (χ0) is 9.84. The van der Waals surface area contributed by atoms with Gasteiger partial charge in [0.15, 0.2) is 0 Å². The van der Waals surface area contributed by atoms with Crippen molar-refractivity contribution in [3.8, 4) is 0 Å². The zero-order valence-corrected chi connectivity index (χ0v) is 7.60. The minimum absolute atomic E-state index is 0.466. The Morgan fingerprint density at radius 2 is 2.15 bits per heavy atom. The maximum absolute atomic E-state index is 8.26. The van der Waals surface area contributed by atoms with Gasteiger partial charge in [0.1, 0.15) is 0 Å². The van der Waals surface area contributed by atoms with Crippen LogP contribution in [0.15, 0.2) is 23.3 Å². The second-order valence-electron chi connectivity index (χ2n) is 2.83. The predicted molar refractivity (Wildman–Crippen MR) is 54.0 cm³/mol. The Kier molecular flexibility index (Phi) is 2.62. The number of azide groups is 1. The van der Waals surface area contributed by atoms with Crippen LogP contribution in [0.25, 0.3) is 10.4 Å². The average Bonchev–Trinajstić information content (AvgIpc) is 2.08. The van der Waals surface area contributed by atoms with E-state index in [1.807, 2.05) is 25.1 Å². The van der Waals surface area contributed by atoms with E-state index in [1.165, 1.54) is 0 Å². The molecule has 1 aromatic rings. The number of nitrogens with two attached hydrogens (primary N) is 1. The van der Waals surface area contributed by atoms with Crippen molar-refractivity contribution >= 4 is 17.1 Å². The standard InChI is InChI=1S/C8H11N5/c1-13(2)6-3-4-7(9)8(5-6)11-12-10/h3-5H,9H2,1-2H3. The van der Waals surface area contributed by atoms with E-state index in [9.17, 15) is 0 Å². The Labute approximate surface area is 76.4 Å². The average molecular weight is 177 g/mol. The first-order chi connectivity index (χ1) is 6.15. The van der Waals surface area contributed by atoms with Crippen molar-refractivity contribution in [2.75, 3.05) is 24.7 Å². The van der Waals surface area contributed by atoms with Crippen LogP contribution in [0.1, 0.15) is 0 Å². The number of rotatable bonds is 2. The zero-order valence-electron chi connectivity index (χ0n) is 7.60. The molecule has 0 bridgehead atoms. The largest absolute Gasteiger partial charge is 0.398 e. The molecule has 0 aromatic heterocycles. The molecule has 0 amide bonds. The van der Waals surface area contributed by atoms with E-state index in [1.54, 1.807) is 12.1 Å². The fourth-order valence-corrected chi connectivity index (χ4v) is 0.945. The summed E-state index contributed by atoms with van der Waals surface area (Å²) >= 11 is 0. The summed E-state index contributed by atoms with van der Waals surface area (Å²) in [5.74, 6) is 0. The second kappa shape index (κ2) is 3.69. The quantitative estimate of drug-likeness (QED) is 0.325. The molecule has 0 saturated heterocycles. The first-order valence-electron chi connectivity index (χ1n) is 3.77. The Balaban J connectivity index is 3.18. The molecule has 0 saturated carbocycles. The molecule has 0 unspecified atom stereocenters. The third-order valence-corrected chi connectivity index (χ3v) is 1.68. The van der Waals surface area contributed by atoms with Crippen molar-refractivity contribution < 1.29 is 0 Å². The Morgan fingerprint density at radius 3 is 2.69 bits per heavy atom. The lowest BCUT2D eigenvalue weighted by atomic mass is 10.2. The van der Waals surface area contributed by atoms with Crippen LogP contribution in [0.3, 0.4) is 0 Å². The molecule has 5 heteroatoms. The third kappa shape index (κ3) is 2.04. The number of nitrogen functional groups attached to an aromatic ring is 1. The molecule has 2 N–H and O–H groups in total. The van der Waals surface area contributed by atoms with Gasteiger partial charge in [-0.1, -0.05) is 5.11 Å². The molecule has 0 aliphatic rings. The maximum atomic E-state index is 8.26. The maximum Gasteiger partial charge on any atom is 0.0625 e. The highest BCUT2D eigenvalue weighted by Crippen LogP contribution is 2.26. The summed E-state index contributed by atoms with van der Waals surface area (Å²) in [5, 5.41) is 3.48. The number of hydrogen-bond acceptors (Lipinski definition) is 3. The smallest absolute Gasteiger partial charge is 0.0625 e. The lowest BCUT2D eigenvalue weighted by Gasteiger charge is -2.13. The normalized spacial score (nSPS) is 9.08. The van der Waals surface area contributed by atoms with Gasteiger partial charge in [-0.05, 0) is 23.7 Å². The summed E-state index contributed by atoms with van der Waals surface area (Å²) < 4.78 is 0. The van der Waals surface area contributed by atoms with Crippen LogP contribution < -0.4 is 10.6 Å². The van der Waals surface area contributed by atoms with E-state index >= 15 is 0 Å². The number of hydrogen-bond donors (Lipinski definition) is 1. The van der Waals surface area contributed by atoms with E-state index < -0.39 is 0 Å². The van der Waals surface area contributed by atoms with E-state index in [4.69, 9.17) is 11.3 Å². The van der Waals surface area contributed by atoms with Crippen LogP contribution >= 0.6 is 0 Å². The van der Waals surface area contributed by atoms with Gasteiger partial charge < -0.3 is 10.6 Å². The van der Waals surface area contributed by atoms with E-state index in [2.05, 4.69) is 10.0 Å². The van der Waals surface area contributed by atoms with Gasteiger partial charge in [0.25, 0.3) is 0 Å². The van der Waals surface area contributed by atoms with Crippen molar-refractivity contribution in [3.63, 3.8) is 0 Å². The SMILES string of the molecule is CN(C)c1ccc(N)c(N=[N+]=[N-])c1. The first kappa shape index (κ1) is 9.22. The van der Waals surface area contributed by atoms with E-state index in [0.717, 1.165) is 5.69 Å². The minimum atomic E-state index is 0.466. The van der Waals surface area contributed by atoms with Crippen LogP contribution in [0.5, 0.6) is 0 Å². The molecule has 0 spiro atoms. The first-order valence-corrected chi connectivity index (χ1v) is 3.77. The van der Waals surface area contributed by atoms with E-state index in [0.29, 0.717) is 11.4 Å². The van der Waals surface area contributed by atoms with Gasteiger partial charge in [-0.25, -0.2) is 0 Å². The van der Waals surface area contributed by atoms with Gasteiger partial charge in [-0.15, -0.1) is 0 Å². The topological polar surface area (TPSA) is 78.0 Å². The Hall–Kier alpha value is -1.87. The van der Waals surface area contributed by atoms with Crippen molar-refractivity contribution in [1.82, 2.24) is 0 Å². The van der Waals surface area contributed by atoms with Gasteiger partial charge in [0.05, 0.1) is 5.69 Å². The summed E-state index contributed by atoms with van der Waals surface area (Å²) in [6, 6.07) is 5.33. The predicted octanol–water partition coefficient (Wildman–Crippen LogP) is 2.28. The highest BCUT2D eigenvalue weighted by Gasteiger charge is 1.99. The molecule has 0 radical (unpaired) electrons. The van der Waals surface area contributed by atoms with Gasteiger partial charge in [-0.2, -0.15) is 0 Å². The van der Waals surface area contributed by atoms with Gasteiger partial charge in [0, 0.05) is 30.4 Å². The lowest BCUT2D eigenvalue weighted by Crippen LogP contribution is -2.08. The molecule has 0 aliphatic carbocycles. The molecule has 1 rings (SSSR count). The summed E-state index contributed by atoms with van der Waals surface area (Å²) in [5.41, 5.74) is 15.8. The molecule has 1 aromatic carbocycles. The fraction of sp³-hybridized carbons (Fsp3) is 0.250. The highest BCUT2D eigenvalue weighted by molar-refractivity contribution is 5.69. The lowest BCUT2D eigenvalue weighted by molar-refractivity contribution is 1.13. The summed E-state index contributed by atoms with van der Waals surface area (Å²) in [7, 11) is 3.82. The van der Waals surface area contributed by atoms with Gasteiger partial charge >= 0.3 is 0 Å². The van der Waals surface area contributed by atoms with Crippen LogP contribution in [0, 0.1) is 0 Å². The molecule has 0 atom stereocenters. The summed E-state index contributed by atoms with van der Waals surface area (Å²) in [6.07, 6.45) is 0. The Morgan fingerprint density at radius 1 is 1.46 bits per heavy atom. The molecule has 13 heavy (non-hydrogen) atoms. The molecule has 5 nitrogen and oxygen atoms in total. The second-order valence-corrected chi connectivity index (χ2v) is 2.83. The number of anilines is 2. The van der Waals surface area contributed by atoms with E-state index in [-0.39, 0.29) is 0 Å². The third-order valence-electron chi connectivity index (χ3n) is 1.68. The van der Waals surface area contributed by atoms with Crippen LogP contribution in [-0.2, 0) is 0 Å². The van der Waals surface area contributed by atoms with Crippen LogP contribution in [0.4, 0.5) is 17.1 Å². The van der Waals surface area contributed by atoms with Crippen molar-refractivity contribution in [2.24, 2.45) is 5.11 Å². The molecule has 0 heterocycles. The fourth-order valence-electron chi connectivity index (χ4n) is 0.945. The Bertz CT molecular complexity index is 352. The molecule has 68 valence electrons. The summed E-state index contributed by atoms with van der Waals surface area (Å²) in [6.45, 7) is 0. The monoisotopic (exact) mass is 177 g/mol. The van der Waals surface area contributed by atoms with Crippen molar-refractivity contribution in [1.29, 1.82) is 0 Å². The molecular formula is C8H11N5. The summed E-state index contributed by atoms with van der Waals surface area (Å²) in [4.78, 5) is 4.61. The highest BCUT2D eigenvalue weighted by atomic mass is 15.1.